The Morgan fingerprint density at radius 3 is 2.80 bits per heavy atom. The Bertz CT molecular complexity index is 692. The number of hydrogen-bond donors (Lipinski definition) is 1. The van der Waals surface area contributed by atoms with E-state index < -0.39 is 0 Å². The molecule has 4 heteroatoms. The van der Waals surface area contributed by atoms with Crippen molar-refractivity contribution in [2.45, 2.75) is 13.0 Å². The topological polar surface area (TPSA) is 50.7 Å². The third-order valence-corrected chi connectivity index (χ3v) is 3.33. The molecule has 1 aromatic carbocycles. The lowest BCUT2D eigenvalue weighted by molar-refractivity contribution is 0.617. The zero-order valence-corrected chi connectivity index (χ0v) is 11.3. The Hall–Kier alpha value is -2.33. The van der Waals surface area contributed by atoms with E-state index in [9.17, 15) is 0 Å². The number of benzene rings is 1. The average Bonchev–Trinajstić information content (AvgIpc) is 2.53. The van der Waals surface area contributed by atoms with Crippen LogP contribution in [-0.2, 0) is 0 Å². The molecule has 0 saturated heterocycles. The summed E-state index contributed by atoms with van der Waals surface area (Å²) in [6.07, 6.45) is 7.09. The minimum absolute atomic E-state index is 0.0640. The van der Waals surface area contributed by atoms with Crippen LogP contribution >= 0.6 is 0 Å². The van der Waals surface area contributed by atoms with Crippen molar-refractivity contribution in [3.05, 3.63) is 66.5 Å². The van der Waals surface area contributed by atoms with Crippen LogP contribution in [0.25, 0.3) is 10.8 Å². The maximum absolute atomic E-state index is 4.39. The molecule has 2 heterocycles. The second-order valence-corrected chi connectivity index (χ2v) is 4.57. The molecule has 0 saturated carbocycles. The van der Waals surface area contributed by atoms with Crippen molar-refractivity contribution in [1.82, 2.24) is 20.3 Å². The summed E-state index contributed by atoms with van der Waals surface area (Å²) in [4.78, 5) is 12.6. The van der Waals surface area contributed by atoms with E-state index in [1.807, 2.05) is 18.5 Å². The van der Waals surface area contributed by atoms with Crippen LogP contribution in [0.15, 0.2) is 55.2 Å². The number of fused-ring (bicyclic) bond motifs is 1. The predicted octanol–water partition coefficient (Wildman–Crippen LogP) is 2.72. The molecule has 1 unspecified atom stereocenters. The smallest absolute Gasteiger partial charge is 0.115 e. The van der Waals surface area contributed by atoms with E-state index >= 15 is 0 Å². The monoisotopic (exact) mass is 264 g/mol. The molecule has 0 aliphatic heterocycles. The zero-order chi connectivity index (χ0) is 13.8. The SMILES string of the molecule is CCNC(c1ccncn1)c1cccc2cnccc12. The van der Waals surface area contributed by atoms with E-state index in [-0.39, 0.29) is 6.04 Å². The van der Waals surface area contributed by atoms with Crippen LogP contribution in [0.5, 0.6) is 0 Å². The van der Waals surface area contributed by atoms with Gasteiger partial charge in [-0.25, -0.2) is 9.97 Å². The van der Waals surface area contributed by atoms with E-state index in [1.54, 1.807) is 12.5 Å². The highest BCUT2D eigenvalue weighted by Crippen LogP contribution is 2.27. The van der Waals surface area contributed by atoms with Crippen molar-refractivity contribution in [2.24, 2.45) is 0 Å². The van der Waals surface area contributed by atoms with Gasteiger partial charge in [0.1, 0.15) is 6.33 Å². The fraction of sp³-hybridized carbons (Fsp3) is 0.188. The van der Waals surface area contributed by atoms with Crippen molar-refractivity contribution < 1.29 is 0 Å². The first-order chi connectivity index (χ1) is 9.90. The molecule has 0 aliphatic carbocycles. The van der Waals surface area contributed by atoms with E-state index in [0.717, 1.165) is 17.6 Å². The fourth-order valence-corrected chi connectivity index (χ4v) is 2.45. The summed E-state index contributed by atoms with van der Waals surface area (Å²) in [6.45, 7) is 2.97. The van der Waals surface area contributed by atoms with Crippen LogP contribution in [0.3, 0.4) is 0 Å². The lowest BCUT2D eigenvalue weighted by Gasteiger charge is -2.19. The third kappa shape index (κ3) is 2.38. The van der Waals surface area contributed by atoms with Gasteiger partial charge >= 0.3 is 0 Å². The molecule has 2 aromatic heterocycles. The lowest BCUT2D eigenvalue weighted by Crippen LogP contribution is -2.23. The second kappa shape index (κ2) is 5.75. The Morgan fingerprint density at radius 2 is 2.00 bits per heavy atom. The highest BCUT2D eigenvalue weighted by Gasteiger charge is 2.16. The van der Waals surface area contributed by atoms with Crippen LogP contribution in [0, 0.1) is 0 Å². The molecule has 0 aliphatic rings. The average molecular weight is 264 g/mol. The summed E-state index contributed by atoms with van der Waals surface area (Å²) in [7, 11) is 0. The Kier molecular flexibility index (Phi) is 3.65. The van der Waals surface area contributed by atoms with Gasteiger partial charge in [-0.05, 0) is 29.6 Å². The number of aromatic nitrogens is 3. The minimum Gasteiger partial charge on any atom is -0.305 e. The number of rotatable bonds is 4. The first-order valence-corrected chi connectivity index (χ1v) is 6.72. The van der Waals surface area contributed by atoms with Crippen LogP contribution < -0.4 is 5.32 Å². The van der Waals surface area contributed by atoms with E-state index in [1.165, 1.54) is 10.9 Å². The highest BCUT2D eigenvalue weighted by molar-refractivity contribution is 5.85. The normalized spacial score (nSPS) is 12.4. The number of hydrogen-bond acceptors (Lipinski definition) is 4. The molecule has 0 radical (unpaired) electrons. The van der Waals surface area contributed by atoms with Gasteiger partial charge in [0.25, 0.3) is 0 Å². The summed E-state index contributed by atoms with van der Waals surface area (Å²) < 4.78 is 0. The minimum atomic E-state index is 0.0640. The first kappa shape index (κ1) is 12.7. The van der Waals surface area contributed by atoms with Crippen molar-refractivity contribution >= 4 is 10.8 Å². The summed E-state index contributed by atoms with van der Waals surface area (Å²) in [5.74, 6) is 0. The maximum Gasteiger partial charge on any atom is 0.115 e. The molecule has 100 valence electrons. The van der Waals surface area contributed by atoms with Crippen LogP contribution in [0.2, 0.25) is 0 Å². The van der Waals surface area contributed by atoms with Crippen LogP contribution in [0.4, 0.5) is 0 Å². The molecule has 1 atom stereocenters. The Labute approximate surface area is 117 Å². The fourth-order valence-electron chi connectivity index (χ4n) is 2.45. The molecule has 3 aromatic rings. The van der Waals surface area contributed by atoms with Gasteiger partial charge in [0.2, 0.25) is 0 Å². The van der Waals surface area contributed by atoms with Gasteiger partial charge in [0.05, 0.1) is 11.7 Å². The number of nitrogens with one attached hydrogen (secondary N) is 1. The summed E-state index contributed by atoms with van der Waals surface area (Å²) in [6, 6.07) is 10.3. The zero-order valence-electron chi connectivity index (χ0n) is 11.3. The van der Waals surface area contributed by atoms with Crippen molar-refractivity contribution in [3.8, 4) is 0 Å². The van der Waals surface area contributed by atoms with Gasteiger partial charge in [-0.15, -0.1) is 0 Å². The third-order valence-electron chi connectivity index (χ3n) is 3.33. The molecule has 0 amide bonds. The van der Waals surface area contributed by atoms with Crippen LogP contribution in [0.1, 0.15) is 24.2 Å². The van der Waals surface area contributed by atoms with Crippen molar-refractivity contribution in [3.63, 3.8) is 0 Å². The van der Waals surface area contributed by atoms with E-state index in [0.29, 0.717) is 0 Å². The van der Waals surface area contributed by atoms with Gasteiger partial charge in [-0.2, -0.15) is 0 Å². The Morgan fingerprint density at radius 1 is 1.10 bits per heavy atom. The van der Waals surface area contributed by atoms with Gasteiger partial charge in [0.15, 0.2) is 0 Å². The second-order valence-electron chi connectivity index (χ2n) is 4.57. The summed E-state index contributed by atoms with van der Waals surface area (Å²) in [5, 5.41) is 5.84. The highest BCUT2D eigenvalue weighted by atomic mass is 14.9. The molecule has 0 spiro atoms. The van der Waals surface area contributed by atoms with Crippen LogP contribution in [-0.4, -0.2) is 21.5 Å². The predicted molar refractivity (Wildman–Crippen MR) is 79.3 cm³/mol. The number of pyridine rings is 1. The summed E-state index contributed by atoms with van der Waals surface area (Å²) >= 11 is 0. The van der Waals surface area contributed by atoms with Gasteiger partial charge < -0.3 is 5.32 Å². The van der Waals surface area contributed by atoms with Crippen molar-refractivity contribution in [2.75, 3.05) is 6.54 Å². The summed E-state index contributed by atoms with van der Waals surface area (Å²) in [5.41, 5.74) is 2.19. The lowest BCUT2D eigenvalue weighted by atomic mass is 9.97. The first-order valence-electron chi connectivity index (χ1n) is 6.72. The molecular weight excluding hydrogens is 248 g/mol. The number of nitrogens with zero attached hydrogens (tertiary/aromatic N) is 3. The largest absolute Gasteiger partial charge is 0.305 e. The van der Waals surface area contributed by atoms with E-state index in [4.69, 9.17) is 0 Å². The molecular formula is C16H16N4. The van der Waals surface area contributed by atoms with Gasteiger partial charge in [-0.1, -0.05) is 25.1 Å². The van der Waals surface area contributed by atoms with E-state index in [2.05, 4.69) is 51.5 Å². The molecule has 1 N–H and O–H groups in total. The van der Waals surface area contributed by atoms with Gasteiger partial charge in [-0.3, -0.25) is 4.98 Å². The standard InChI is InChI=1S/C16H16N4/c1-2-19-16(15-7-9-18-11-20-15)14-5-3-4-12-10-17-8-6-13(12)14/h3-11,16,19H,2H2,1H3. The maximum atomic E-state index is 4.39. The van der Waals surface area contributed by atoms with Gasteiger partial charge in [0, 0.05) is 24.0 Å². The molecule has 0 fully saturated rings. The van der Waals surface area contributed by atoms with Crippen molar-refractivity contribution in [1.29, 1.82) is 0 Å². The molecule has 20 heavy (non-hydrogen) atoms. The molecule has 3 rings (SSSR count). The quantitative estimate of drug-likeness (QED) is 0.787. The Balaban J connectivity index is 2.15. The molecule has 0 bridgehead atoms. The molecule has 4 nitrogen and oxygen atoms in total.